The number of furan rings is 1. The molecule has 0 atom stereocenters. The van der Waals surface area contributed by atoms with E-state index in [2.05, 4.69) is 5.32 Å². The molecular formula is C19H14FNO3. The molecule has 1 aromatic heterocycles. The van der Waals surface area contributed by atoms with Gasteiger partial charge in [-0.2, -0.15) is 0 Å². The van der Waals surface area contributed by atoms with Gasteiger partial charge in [-0.25, -0.2) is 4.39 Å². The van der Waals surface area contributed by atoms with Crippen molar-refractivity contribution in [2.24, 2.45) is 0 Å². The van der Waals surface area contributed by atoms with Crippen molar-refractivity contribution in [1.29, 1.82) is 0 Å². The fourth-order valence-electron chi connectivity index (χ4n) is 3.07. The minimum absolute atomic E-state index is 0.0169. The third-order valence-corrected chi connectivity index (χ3v) is 4.37. The standard InChI is InChI=1S/C19H14FNO3/c1-10-14-9-13(20)4-6-16(14)24-19(10)18(23)12-2-5-15-11(8-12)3-7-17(22)21-15/h2,4-6,8-9H,3,7H2,1H3,(H,21,22). The molecule has 2 aromatic carbocycles. The molecule has 5 heteroatoms. The van der Waals surface area contributed by atoms with Crippen molar-refractivity contribution >= 4 is 28.3 Å². The molecule has 4 nitrogen and oxygen atoms in total. The number of carbonyl (C=O) groups excluding carboxylic acids is 2. The number of rotatable bonds is 2. The van der Waals surface area contributed by atoms with Gasteiger partial charge in [0, 0.05) is 28.6 Å². The second-order valence-electron chi connectivity index (χ2n) is 5.95. The number of carbonyl (C=O) groups is 2. The molecule has 1 aliphatic rings. The predicted molar refractivity (Wildman–Crippen MR) is 87.7 cm³/mol. The van der Waals surface area contributed by atoms with Crippen LogP contribution in [0.15, 0.2) is 40.8 Å². The Balaban J connectivity index is 1.76. The quantitative estimate of drug-likeness (QED) is 0.725. The van der Waals surface area contributed by atoms with Gasteiger partial charge in [-0.1, -0.05) is 0 Å². The summed E-state index contributed by atoms with van der Waals surface area (Å²) in [6.45, 7) is 1.75. The fraction of sp³-hybridized carbons (Fsp3) is 0.158. The Morgan fingerprint density at radius 3 is 2.83 bits per heavy atom. The highest BCUT2D eigenvalue weighted by atomic mass is 19.1. The summed E-state index contributed by atoms with van der Waals surface area (Å²) in [5, 5.41) is 3.39. The molecule has 0 fully saturated rings. The number of halogens is 1. The number of anilines is 1. The number of fused-ring (bicyclic) bond motifs is 2. The number of hydrogen-bond donors (Lipinski definition) is 1. The van der Waals surface area contributed by atoms with Gasteiger partial charge in [-0.05, 0) is 55.3 Å². The smallest absolute Gasteiger partial charge is 0.228 e. The summed E-state index contributed by atoms with van der Waals surface area (Å²) >= 11 is 0. The maximum absolute atomic E-state index is 13.4. The summed E-state index contributed by atoms with van der Waals surface area (Å²) in [7, 11) is 0. The van der Waals surface area contributed by atoms with Crippen LogP contribution in [0.5, 0.6) is 0 Å². The Morgan fingerprint density at radius 1 is 1.17 bits per heavy atom. The van der Waals surface area contributed by atoms with Gasteiger partial charge < -0.3 is 9.73 Å². The number of hydrogen-bond acceptors (Lipinski definition) is 3. The van der Waals surface area contributed by atoms with E-state index in [0.29, 0.717) is 34.9 Å². The zero-order valence-electron chi connectivity index (χ0n) is 13.0. The second-order valence-corrected chi connectivity index (χ2v) is 5.95. The molecule has 4 rings (SSSR count). The summed E-state index contributed by atoms with van der Waals surface area (Å²) in [4.78, 5) is 24.2. The van der Waals surface area contributed by atoms with Gasteiger partial charge in [0.1, 0.15) is 11.4 Å². The minimum Gasteiger partial charge on any atom is -0.452 e. The lowest BCUT2D eigenvalue weighted by molar-refractivity contribution is -0.116. The Labute approximate surface area is 137 Å². The van der Waals surface area contributed by atoms with E-state index in [1.807, 2.05) is 0 Å². The first-order valence-corrected chi connectivity index (χ1v) is 7.69. The van der Waals surface area contributed by atoms with Crippen LogP contribution in [0, 0.1) is 12.7 Å². The van der Waals surface area contributed by atoms with Gasteiger partial charge in [-0.3, -0.25) is 9.59 Å². The lowest BCUT2D eigenvalue weighted by Crippen LogP contribution is -2.19. The van der Waals surface area contributed by atoms with E-state index < -0.39 is 0 Å². The average molecular weight is 323 g/mol. The van der Waals surface area contributed by atoms with Crippen LogP contribution in [-0.4, -0.2) is 11.7 Å². The topological polar surface area (TPSA) is 59.3 Å². The first-order chi connectivity index (χ1) is 11.5. The van der Waals surface area contributed by atoms with Crippen molar-refractivity contribution in [2.75, 3.05) is 5.32 Å². The van der Waals surface area contributed by atoms with E-state index in [1.165, 1.54) is 18.2 Å². The van der Waals surface area contributed by atoms with Crippen LogP contribution < -0.4 is 5.32 Å². The molecule has 0 saturated carbocycles. The van der Waals surface area contributed by atoms with Crippen LogP contribution in [0.4, 0.5) is 10.1 Å². The first-order valence-electron chi connectivity index (χ1n) is 7.69. The van der Waals surface area contributed by atoms with Gasteiger partial charge in [0.05, 0.1) is 0 Å². The monoisotopic (exact) mass is 323 g/mol. The van der Waals surface area contributed by atoms with Gasteiger partial charge in [-0.15, -0.1) is 0 Å². The summed E-state index contributed by atoms with van der Waals surface area (Å²) < 4.78 is 19.1. The zero-order chi connectivity index (χ0) is 16.8. The van der Waals surface area contributed by atoms with Crippen LogP contribution in [-0.2, 0) is 11.2 Å². The molecule has 0 spiro atoms. The highest BCUT2D eigenvalue weighted by Gasteiger charge is 2.22. The summed E-state index contributed by atoms with van der Waals surface area (Å²) in [5.41, 5.74) is 3.28. The Morgan fingerprint density at radius 2 is 2.00 bits per heavy atom. The highest BCUT2D eigenvalue weighted by molar-refractivity contribution is 6.11. The van der Waals surface area contributed by atoms with Crippen LogP contribution in [0.2, 0.25) is 0 Å². The third-order valence-electron chi connectivity index (χ3n) is 4.37. The van der Waals surface area contributed by atoms with Gasteiger partial charge in [0.15, 0.2) is 5.76 Å². The maximum Gasteiger partial charge on any atom is 0.228 e. The van der Waals surface area contributed by atoms with Crippen molar-refractivity contribution in [3.05, 3.63) is 64.7 Å². The fourth-order valence-corrected chi connectivity index (χ4v) is 3.07. The second kappa shape index (κ2) is 5.30. The number of amides is 1. The zero-order valence-corrected chi connectivity index (χ0v) is 13.0. The molecule has 0 saturated heterocycles. The van der Waals surface area contributed by atoms with Gasteiger partial charge in [0.25, 0.3) is 0 Å². The molecule has 3 aromatic rings. The number of aryl methyl sites for hydroxylation is 2. The Hall–Kier alpha value is -2.95. The number of ketones is 1. The lowest BCUT2D eigenvalue weighted by Gasteiger charge is -2.17. The molecule has 0 bridgehead atoms. The first kappa shape index (κ1) is 14.6. The molecule has 1 amide bonds. The molecule has 24 heavy (non-hydrogen) atoms. The van der Waals surface area contributed by atoms with Crippen LogP contribution in [0.3, 0.4) is 0 Å². The van der Waals surface area contributed by atoms with E-state index in [9.17, 15) is 14.0 Å². The maximum atomic E-state index is 13.4. The summed E-state index contributed by atoms with van der Waals surface area (Å²) in [6, 6.07) is 9.38. The van der Waals surface area contributed by atoms with E-state index in [-0.39, 0.29) is 23.3 Å². The molecular weight excluding hydrogens is 309 g/mol. The van der Waals surface area contributed by atoms with Gasteiger partial charge in [0.2, 0.25) is 11.7 Å². The third kappa shape index (κ3) is 2.29. The normalized spacial score (nSPS) is 13.7. The average Bonchev–Trinajstić information content (AvgIpc) is 2.90. The molecule has 120 valence electrons. The molecule has 1 aliphatic heterocycles. The predicted octanol–water partition coefficient (Wildman–Crippen LogP) is 4.00. The molecule has 0 aliphatic carbocycles. The highest BCUT2D eigenvalue weighted by Crippen LogP contribution is 2.29. The largest absolute Gasteiger partial charge is 0.452 e. The van der Waals surface area contributed by atoms with E-state index in [1.54, 1.807) is 25.1 Å². The minimum atomic E-state index is -0.366. The number of nitrogens with one attached hydrogen (secondary N) is 1. The van der Waals surface area contributed by atoms with E-state index >= 15 is 0 Å². The molecule has 0 radical (unpaired) electrons. The Kier molecular flexibility index (Phi) is 3.23. The van der Waals surface area contributed by atoms with Crippen molar-refractivity contribution in [2.45, 2.75) is 19.8 Å². The van der Waals surface area contributed by atoms with E-state index in [4.69, 9.17) is 4.42 Å². The summed E-state index contributed by atoms with van der Waals surface area (Å²) in [5.74, 6) is -0.411. The molecule has 0 unspecified atom stereocenters. The SMILES string of the molecule is Cc1c(C(=O)c2ccc3c(c2)CCC(=O)N3)oc2ccc(F)cc12. The van der Waals surface area contributed by atoms with E-state index in [0.717, 1.165) is 11.3 Å². The van der Waals surface area contributed by atoms with Gasteiger partial charge >= 0.3 is 0 Å². The Bertz CT molecular complexity index is 1000. The molecule has 2 heterocycles. The number of benzene rings is 2. The van der Waals surface area contributed by atoms with Crippen LogP contribution in [0.25, 0.3) is 11.0 Å². The molecule has 1 N–H and O–H groups in total. The van der Waals surface area contributed by atoms with Crippen molar-refractivity contribution in [3.8, 4) is 0 Å². The lowest BCUT2D eigenvalue weighted by atomic mass is 9.97. The van der Waals surface area contributed by atoms with Crippen molar-refractivity contribution < 1.29 is 18.4 Å². The van der Waals surface area contributed by atoms with Crippen molar-refractivity contribution in [3.63, 3.8) is 0 Å². The summed E-state index contributed by atoms with van der Waals surface area (Å²) in [6.07, 6.45) is 1.01. The van der Waals surface area contributed by atoms with Crippen LogP contribution >= 0.6 is 0 Å². The van der Waals surface area contributed by atoms with Crippen molar-refractivity contribution in [1.82, 2.24) is 0 Å². The van der Waals surface area contributed by atoms with Crippen LogP contribution in [0.1, 0.15) is 33.7 Å².